The van der Waals surface area contributed by atoms with E-state index in [1.54, 1.807) is 25.1 Å². The number of nitrogens with zero attached hydrogens (tertiary/aromatic N) is 2. The van der Waals surface area contributed by atoms with Crippen molar-refractivity contribution < 1.29 is 33.1 Å². The van der Waals surface area contributed by atoms with Crippen molar-refractivity contribution in [3.8, 4) is 17.2 Å². The van der Waals surface area contributed by atoms with Gasteiger partial charge >= 0.3 is 11.7 Å². The number of benzene rings is 3. The van der Waals surface area contributed by atoms with Crippen LogP contribution in [0.25, 0.3) is 0 Å². The van der Waals surface area contributed by atoms with Gasteiger partial charge in [0.05, 0.1) is 23.3 Å². The van der Waals surface area contributed by atoms with Crippen LogP contribution in [0.5, 0.6) is 17.2 Å². The number of nitro groups is 1. The Labute approximate surface area is 199 Å². The summed E-state index contributed by atoms with van der Waals surface area (Å²) in [6, 6.07) is 15.2. The molecule has 3 aromatic carbocycles. The Morgan fingerprint density at radius 1 is 1.03 bits per heavy atom. The van der Waals surface area contributed by atoms with Gasteiger partial charge in [0.15, 0.2) is 23.9 Å². The molecule has 0 fully saturated rings. The third-order valence-corrected chi connectivity index (χ3v) is 4.37. The highest BCUT2D eigenvalue weighted by Crippen LogP contribution is 2.29. The van der Waals surface area contributed by atoms with E-state index in [4.69, 9.17) is 14.2 Å². The van der Waals surface area contributed by atoms with Gasteiger partial charge in [0, 0.05) is 6.07 Å². The average Bonchev–Trinajstić information content (AvgIpc) is 2.85. The van der Waals surface area contributed by atoms with E-state index in [1.165, 1.54) is 42.6 Å². The van der Waals surface area contributed by atoms with Crippen LogP contribution >= 0.6 is 0 Å². The van der Waals surface area contributed by atoms with Gasteiger partial charge in [-0.3, -0.25) is 14.9 Å². The van der Waals surface area contributed by atoms with Gasteiger partial charge in [0.1, 0.15) is 5.82 Å². The summed E-state index contributed by atoms with van der Waals surface area (Å²) in [5.74, 6) is -1.41. The minimum atomic E-state index is -0.682. The predicted octanol–water partition coefficient (Wildman–Crippen LogP) is 3.88. The molecule has 0 aliphatic rings. The second-order valence-electron chi connectivity index (χ2n) is 6.84. The fraction of sp³-hybridized carbons (Fsp3) is 0.125. The standard InChI is InChI=1S/C24H20FN3O7/c1-2-33-22-13-16(7-12-21(22)35-24(30)17-8-10-18(25)11-9-17)14-26-27-23(29)15-34-20-6-4-3-5-19(20)28(31)32/h3-14H,2,15H2,1H3,(H,27,29)/b26-14-. The minimum Gasteiger partial charge on any atom is -0.490 e. The monoisotopic (exact) mass is 481 g/mol. The van der Waals surface area contributed by atoms with Crippen LogP contribution in [0.2, 0.25) is 0 Å². The molecule has 0 saturated carbocycles. The highest BCUT2D eigenvalue weighted by Gasteiger charge is 2.15. The smallest absolute Gasteiger partial charge is 0.343 e. The SMILES string of the molecule is CCOc1cc(/C=N\NC(=O)COc2ccccc2[N+](=O)[O-])ccc1OC(=O)c1ccc(F)cc1. The van der Waals surface area contributed by atoms with Gasteiger partial charge in [-0.2, -0.15) is 5.10 Å². The maximum Gasteiger partial charge on any atom is 0.343 e. The summed E-state index contributed by atoms with van der Waals surface area (Å²) >= 11 is 0. The number of hydrogen-bond acceptors (Lipinski definition) is 8. The van der Waals surface area contributed by atoms with Crippen LogP contribution in [0.3, 0.4) is 0 Å². The quantitative estimate of drug-likeness (QED) is 0.153. The summed E-state index contributed by atoms with van der Waals surface area (Å²) in [6.07, 6.45) is 1.33. The normalized spacial score (nSPS) is 10.6. The highest BCUT2D eigenvalue weighted by atomic mass is 19.1. The number of hydrazone groups is 1. The molecule has 0 unspecified atom stereocenters. The molecular formula is C24H20FN3O7. The molecule has 0 heterocycles. The number of rotatable bonds is 10. The van der Waals surface area contributed by atoms with Crippen molar-refractivity contribution in [3.05, 3.63) is 93.8 Å². The molecule has 3 aromatic rings. The number of amides is 1. The van der Waals surface area contributed by atoms with E-state index in [-0.39, 0.29) is 28.5 Å². The van der Waals surface area contributed by atoms with Crippen molar-refractivity contribution in [1.82, 2.24) is 5.43 Å². The summed E-state index contributed by atoms with van der Waals surface area (Å²) < 4.78 is 29.1. The van der Waals surface area contributed by atoms with Gasteiger partial charge in [0.25, 0.3) is 5.91 Å². The molecule has 10 nitrogen and oxygen atoms in total. The molecule has 0 atom stereocenters. The van der Waals surface area contributed by atoms with Crippen LogP contribution in [0.15, 0.2) is 71.8 Å². The summed E-state index contributed by atoms with van der Waals surface area (Å²) in [7, 11) is 0. The lowest BCUT2D eigenvalue weighted by atomic mass is 10.2. The Morgan fingerprint density at radius 3 is 2.49 bits per heavy atom. The third-order valence-electron chi connectivity index (χ3n) is 4.37. The summed E-state index contributed by atoms with van der Waals surface area (Å²) in [5, 5.41) is 14.8. The molecule has 0 spiro atoms. The molecule has 0 aromatic heterocycles. The zero-order chi connectivity index (χ0) is 25.2. The molecule has 0 radical (unpaired) electrons. The van der Waals surface area contributed by atoms with Gasteiger partial charge in [-0.25, -0.2) is 14.6 Å². The van der Waals surface area contributed by atoms with Crippen LogP contribution in [-0.2, 0) is 4.79 Å². The molecular weight excluding hydrogens is 461 g/mol. The largest absolute Gasteiger partial charge is 0.490 e. The van der Waals surface area contributed by atoms with Crippen LogP contribution in [0.1, 0.15) is 22.8 Å². The maximum atomic E-state index is 13.1. The van der Waals surface area contributed by atoms with Crippen LogP contribution in [0, 0.1) is 15.9 Å². The van der Waals surface area contributed by atoms with Crippen LogP contribution in [-0.4, -0.2) is 36.2 Å². The van der Waals surface area contributed by atoms with Crippen molar-refractivity contribution in [1.29, 1.82) is 0 Å². The van der Waals surface area contributed by atoms with Gasteiger partial charge in [-0.1, -0.05) is 12.1 Å². The Balaban J connectivity index is 1.60. The lowest BCUT2D eigenvalue weighted by molar-refractivity contribution is -0.385. The Kier molecular flexibility index (Phi) is 8.43. The van der Waals surface area contributed by atoms with Crippen molar-refractivity contribution in [2.75, 3.05) is 13.2 Å². The number of ether oxygens (including phenoxy) is 3. The Hall–Kier alpha value is -4.80. The number of halogens is 1. The molecule has 1 amide bonds. The second kappa shape index (κ2) is 11.9. The van der Waals surface area contributed by atoms with E-state index in [0.29, 0.717) is 12.2 Å². The lowest BCUT2D eigenvalue weighted by Crippen LogP contribution is -2.24. The summed E-state index contributed by atoms with van der Waals surface area (Å²) in [6.45, 7) is 1.57. The van der Waals surface area contributed by atoms with Crippen LogP contribution in [0.4, 0.5) is 10.1 Å². The third kappa shape index (κ3) is 7.09. The second-order valence-corrected chi connectivity index (χ2v) is 6.84. The average molecular weight is 481 g/mol. The first-order valence-electron chi connectivity index (χ1n) is 10.3. The molecule has 1 N–H and O–H groups in total. The Morgan fingerprint density at radius 2 is 1.77 bits per heavy atom. The number of hydrogen-bond donors (Lipinski definition) is 1. The fourth-order valence-electron chi connectivity index (χ4n) is 2.79. The molecule has 3 rings (SSSR count). The first kappa shape index (κ1) is 24.8. The molecule has 180 valence electrons. The van der Waals surface area contributed by atoms with E-state index in [9.17, 15) is 24.1 Å². The van der Waals surface area contributed by atoms with Crippen molar-refractivity contribution >= 4 is 23.8 Å². The Bertz CT molecular complexity index is 1250. The number of carbonyl (C=O) groups excluding carboxylic acids is 2. The van der Waals surface area contributed by atoms with E-state index < -0.39 is 29.2 Å². The zero-order valence-corrected chi connectivity index (χ0v) is 18.5. The number of carbonyl (C=O) groups is 2. The van der Waals surface area contributed by atoms with Gasteiger partial charge in [-0.05, 0) is 61.0 Å². The first-order valence-corrected chi connectivity index (χ1v) is 10.3. The maximum absolute atomic E-state index is 13.1. The molecule has 0 saturated heterocycles. The molecule has 0 aliphatic heterocycles. The minimum absolute atomic E-state index is 0.0382. The lowest BCUT2D eigenvalue weighted by Gasteiger charge is -2.11. The number of nitrogens with one attached hydrogen (secondary N) is 1. The van der Waals surface area contributed by atoms with Crippen molar-refractivity contribution in [3.63, 3.8) is 0 Å². The van der Waals surface area contributed by atoms with Gasteiger partial charge < -0.3 is 14.2 Å². The number of para-hydroxylation sites is 2. The van der Waals surface area contributed by atoms with E-state index in [1.807, 2.05) is 0 Å². The number of nitro benzene ring substituents is 1. The van der Waals surface area contributed by atoms with Crippen molar-refractivity contribution in [2.24, 2.45) is 5.10 Å². The fourth-order valence-corrected chi connectivity index (χ4v) is 2.79. The first-order chi connectivity index (χ1) is 16.9. The number of esters is 1. The molecule has 35 heavy (non-hydrogen) atoms. The van der Waals surface area contributed by atoms with E-state index in [0.717, 1.165) is 12.1 Å². The van der Waals surface area contributed by atoms with Gasteiger partial charge in [-0.15, -0.1) is 0 Å². The summed E-state index contributed by atoms with van der Waals surface area (Å²) in [4.78, 5) is 34.7. The molecule has 0 bridgehead atoms. The van der Waals surface area contributed by atoms with E-state index >= 15 is 0 Å². The highest BCUT2D eigenvalue weighted by molar-refractivity contribution is 5.91. The van der Waals surface area contributed by atoms with E-state index in [2.05, 4.69) is 10.5 Å². The topological polar surface area (TPSA) is 129 Å². The van der Waals surface area contributed by atoms with Crippen molar-refractivity contribution in [2.45, 2.75) is 6.92 Å². The molecule has 11 heteroatoms. The predicted molar refractivity (Wildman–Crippen MR) is 123 cm³/mol. The zero-order valence-electron chi connectivity index (χ0n) is 18.5. The molecule has 0 aliphatic carbocycles. The van der Waals surface area contributed by atoms with Crippen LogP contribution < -0.4 is 19.6 Å². The van der Waals surface area contributed by atoms with Gasteiger partial charge in [0.2, 0.25) is 0 Å². The summed E-state index contributed by atoms with van der Waals surface area (Å²) in [5.41, 5.74) is 2.69.